The maximum atomic E-state index is 11.8. The number of benzene rings is 2. The quantitative estimate of drug-likeness (QED) is 0.544. The SMILES string of the molecule is CC(=NNC(=O)CSCc1cccc(Cl)c1)c1ccc(Br)cc1. The van der Waals surface area contributed by atoms with Gasteiger partial charge in [0, 0.05) is 15.2 Å². The first kappa shape index (κ1) is 18.0. The van der Waals surface area contributed by atoms with Gasteiger partial charge in [0.2, 0.25) is 5.91 Å². The van der Waals surface area contributed by atoms with E-state index in [9.17, 15) is 4.79 Å². The van der Waals surface area contributed by atoms with E-state index >= 15 is 0 Å². The Balaban J connectivity index is 1.78. The fraction of sp³-hybridized carbons (Fsp3) is 0.176. The molecule has 120 valence electrons. The third kappa shape index (κ3) is 6.37. The molecule has 0 heterocycles. The van der Waals surface area contributed by atoms with E-state index in [0.29, 0.717) is 10.8 Å². The predicted octanol–water partition coefficient (Wildman–Crippen LogP) is 4.88. The fourth-order valence-electron chi connectivity index (χ4n) is 1.82. The second kappa shape index (κ2) is 9.11. The van der Waals surface area contributed by atoms with Gasteiger partial charge in [0.1, 0.15) is 0 Å². The highest BCUT2D eigenvalue weighted by Crippen LogP contribution is 2.16. The fourth-order valence-corrected chi connectivity index (χ4v) is 3.07. The van der Waals surface area contributed by atoms with Gasteiger partial charge in [0.15, 0.2) is 0 Å². The van der Waals surface area contributed by atoms with Gasteiger partial charge in [-0.2, -0.15) is 5.10 Å². The first-order valence-electron chi connectivity index (χ1n) is 6.96. The van der Waals surface area contributed by atoms with Crippen molar-refractivity contribution in [3.05, 3.63) is 69.2 Å². The second-order valence-corrected chi connectivity index (χ2v) is 7.20. The minimum absolute atomic E-state index is 0.117. The number of hydrazone groups is 1. The first-order valence-corrected chi connectivity index (χ1v) is 9.28. The summed E-state index contributed by atoms with van der Waals surface area (Å²) in [5, 5.41) is 4.84. The van der Waals surface area contributed by atoms with E-state index in [1.165, 1.54) is 11.8 Å². The lowest BCUT2D eigenvalue weighted by Gasteiger charge is -2.04. The van der Waals surface area contributed by atoms with Gasteiger partial charge in [0.25, 0.3) is 0 Å². The Morgan fingerprint density at radius 2 is 2.00 bits per heavy atom. The van der Waals surface area contributed by atoms with Crippen LogP contribution in [0.25, 0.3) is 0 Å². The lowest BCUT2D eigenvalue weighted by Crippen LogP contribution is -2.21. The lowest BCUT2D eigenvalue weighted by molar-refractivity contribution is -0.118. The van der Waals surface area contributed by atoms with Crippen LogP contribution in [0.5, 0.6) is 0 Å². The monoisotopic (exact) mass is 410 g/mol. The average Bonchev–Trinajstić information content (AvgIpc) is 2.53. The van der Waals surface area contributed by atoms with Crippen LogP contribution in [0.3, 0.4) is 0 Å². The van der Waals surface area contributed by atoms with Crippen LogP contribution in [-0.2, 0) is 10.5 Å². The van der Waals surface area contributed by atoms with Crippen LogP contribution in [0.15, 0.2) is 58.1 Å². The molecule has 0 aromatic heterocycles. The molecule has 0 aliphatic carbocycles. The Bertz CT molecular complexity index is 704. The summed E-state index contributed by atoms with van der Waals surface area (Å²) >= 11 is 10.8. The molecule has 1 N–H and O–H groups in total. The number of nitrogens with one attached hydrogen (secondary N) is 1. The van der Waals surface area contributed by atoms with Gasteiger partial charge in [-0.3, -0.25) is 4.79 Å². The molecule has 0 bridgehead atoms. The highest BCUT2D eigenvalue weighted by Gasteiger charge is 2.03. The van der Waals surface area contributed by atoms with Gasteiger partial charge in [-0.05, 0) is 42.3 Å². The molecule has 0 fully saturated rings. The molecule has 0 aliphatic rings. The number of nitrogens with zero attached hydrogens (tertiary/aromatic N) is 1. The zero-order chi connectivity index (χ0) is 16.7. The molecule has 0 radical (unpaired) electrons. The number of amides is 1. The van der Waals surface area contributed by atoms with Gasteiger partial charge in [0.05, 0.1) is 11.5 Å². The van der Waals surface area contributed by atoms with Gasteiger partial charge in [-0.1, -0.05) is 51.8 Å². The summed E-state index contributed by atoms with van der Waals surface area (Å²) in [6, 6.07) is 15.4. The molecule has 0 saturated carbocycles. The molecule has 0 atom stereocenters. The summed E-state index contributed by atoms with van der Waals surface area (Å²) in [4.78, 5) is 11.8. The number of thioether (sulfide) groups is 1. The van der Waals surface area contributed by atoms with Gasteiger partial charge in [-0.15, -0.1) is 11.8 Å². The molecule has 6 heteroatoms. The van der Waals surface area contributed by atoms with Crippen LogP contribution in [-0.4, -0.2) is 17.4 Å². The van der Waals surface area contributed by atoms with Crippen molar-refractivity contribution < 1.29 is 4.79 Å². The minimum atomic E-state index is -0.117. The Morgan fingerprint density at radius 3 is 2.70 bits per heavy atom. The number of carbonyl (C=O) groups excluding carboxylic acids is 1. The van der Waals surface area contributed by atoms with Gasteiger partial charge >= 0.3 is 0 Å². The Hall–Kier alpha value is -1.30. The Morgan fingerprint density at radius 1 is 1.26 bits per heavy atom. The average molecular weight is 412 g/mol. The second-order valence-electron chi connectivity index (χ2n) is 4.86. The van der Waals surface area contributed by atoms with E-state index in [2.05, 4.69) is 26.5 Å². The predicted molar refractivity (Wildman–Crippen MR) is 102 cm³/mol. The summed E-state index contributed by atoms with van der Waals surface area (Å²) in [6.45, 7) is 1.86. The number of rotatable bonds is 6. The zero-order valence-corrected chi connectivity index (χ0v) is 15.7. The normalized spacial score (nSPS) is 11.3. The molecule has 0 spiro atoms. The number of hydrogen-bond acceptors (Lipinski definition) is 3. The number of hydrogen-bond donors (Lipinski definition) is 1. The molecule has 3 nitrogen and oxygen atoms in total. The highest BCUT2D eigenvalue weighted by atomic mass is 79.9. The maximum Gasteiger partial charge on any atom is 0.250 e. The van der Waals surface area contributed by atoms with Crippen molar-refractivity contribution in [2.45, 2.75) is 12.7 Å². The largest absolute Gasteiger partial charge is 0.272 e. The lowest BCUT2D eigenvalue weighted by atomic mass is 10.1. The van der Waals surface area contributed by atoms with Crippen molar-refractivity contribution >= 4 is 50.9 Å². The molecular formula is C17H16BrClN2OS. The van der Waals surface area contributed by atoms with E-state index in [0.717, 1.165) is 27.1 Å². The van der Waals surface area contributed by atoms with Crippen LogP contribution in [0.1, 0.15) is 18.1 Å². The molecule has 2 aromatic rings. The summed E-state index contributed by atoms with van der Waals surface area (Å²) in [5.74, 6) is 0.973. The first-order chi connectivity index (χ1) is 11.0. The molecule has 0 saturated heterocycles. The van der Waals surface area contributed by atoms with Crippen LogP contribution in [0, 0.1) is 0 Å². The van der Waals surface area contributed by atoms with Crippen molar-refractivity contribution in [1.29, 1.82) is 0 Å². The van der Waals surface area contributed by atoms with Gasteiger partial charge in [-0.25, -0.2) is 5.43 Å². The van der Waals surface area contributed by atoms with E-state index in [1.807, 2.05) is 55.5 Å². The van der Waals surface area contributed by atoms with E-state index in [-0.39, 0.29) is 5.91 Å². The van der Waals surface area contributed by atoms with Crippen LogP contribution >= 0.6 is 39.3 Å². The highest BCUT2D eigenvalue weighted by molar-refractivity contribution is 9.10. The molecular weight excluding hydrogens is 396 g/mol. The number of carbonyl (C=O) groups is 1. The summed E-state index contributed by atoms with van der Waals surface area (Å²) in [5.41, 5.74) is 5.43. The van der Waals surface area contributed by atoms with Crippen molar-refractivity contribution in [2.24, 2.45) is 5.10 Å². The smallest absolute Gasteiger partial charge is 0.250 e. The molecule has 2 rings (SSSR count). The van der Waals surface area contributed by atoms with E-state index in [4.69, 9.17) is 11.6 Å². The molecule has 0 aliphatic heterocycles. The van der Waals surface area contributed by atoms with Crippen molar-refractivity contribution in [2.75, 3.05) is 5.75 Å². The minimum Gasteiger partial charge on any atom is -0.272 e. The van der Waals surface area contributed by atoms with Crippen molar-refractivity contribution in [1.82, 2.24) is 5.43 Å². The van der Waals surface area contributed by atoms with Crippen LogP contribution < -0.4 is 5.43 Å². The summed E-state index contributed by atoms with van der Waals surface area (Å²) in [6.07, 6.45) is 0. The molecule has 1 amide bonds. The third-order valence-electron chi connectivity index (χ3n) is 3.00. The van der Waals surface area contributed by atoms with Gasteiger partial charge < -0.3 is 0 Å². The molecule has 23 heavy (non-hydrogen) atoms. The van der Waals surface area contributed by atoms with Crippen molar-refractivity contribution in [3.63, 3.8) is 0 Å². The Kier molecular flexibility index (Phi) is 7.15. The van der Waals surface area contributed by atoms with E-state index < -0.39 is 0 Å². The standard InChI is InChI=1S/C17H16BrClN2OS/c1-12(14-5-7-15(18)8-6-14)20-21-17(22)11-23-10-13-3-2-4-16(19)9-13/h2-9H,10-11H2,1H3,(H,21,22). The van der Waals surface area contributed by atoms with Crippen LogP contribution in [0.4, 0.5) is 0 Å². The maximum absolute atomic E-state index is 11.8. The molecule has 2 aromatic carbocycles. The molecule has 0 unspecified atom stereocenters. The third-order valence-corrected chi connectivity index (χ3v) is 4.77. The summed E-state index contributed by atoms with van der Waals surface area (Å²) < 4.78 is 1.01. The zero-order valence-electron chi connectivity index (χ0n) is 12.6. The van der Waals surface area contributed by atoms with Crippen molar-refractivity contribution in [3.8, 4) is 0 Å². The summed E-state index contributed by atoms with van der Waals surface area (Å²) in [7, 11) is 0. The van der Waals surface area contributed by atoms with Crippen LogP contribution in [0.2, 0.25) is 5.02 Å². The van der Waals surface area contributed by atoms with E-state index in [1.54, 1.807) is 0 Å². The topological polar surface area (TPSA) is 41.5 Å². The number of halogens is 2. The Labute approximate surface area is 153 Å².